The molecule has 0 radical (unpaired) electrons. The average Bonchev–Trinajstić information content (AvgIpc) is 2.55. The largest absolute Gasteiger partial charge is 0.370 e. The first kappa shape index (κ1) is 19.0. The van der Waals surface area contributed by atoms with Gasteiger partial charge in [0.1, 0.15) is 6.10 Å². The van der Waals surface area contributed by atoms with Gasteiger partial charge in [-0.15, -0.1) is 0 Å². The molecule has 1 atom stereocenters. The molecule has 0 saturated carbocycles. The van der Waals surface area contributed by atoms with Crippen molar-refractivity contribution in [3.63, 3.8) is 0 Å². The predicted octanol–water partition coefficient (Wildman–Crippen LogP) is 1.31. The molecular formula is C15H22ClN3O4S. The number of ether oxygens (including phenoxy) is 1. The number of urea groups is 1. The van der Waals surface area contributed by atoms with Gasteiger partial charge in [0.05, 0.1) is 18.9 Å². The van der Waals surface area contributed by atoms with E-state index in [1.165, 1.54) is 14.1 Å². The minimum Gasteiger partial charge on any atom is -0.370 e. The number of hydrogen-bond acceptors (Lipinski definition) is 4. The molecule has 0 spiro atoms. The van der Waals surface area contributed by atoms with Crippen LogP contribution in [0.2, 0.25) is 5.02 Å². The van der Waals surface area contributed by atoms with Crippen LogP contribution in [0, 0.1) is 0 Å². The second-order valence-corrected chi connectivity index (χ2v) is 8.43. The van der Waals surface area contributed by atoms with Gasteiger partial charge in [-0.05, 0) is 17.7 Å². The van der Waals surface area contributed by atoms with Crippen molar-refractivity contribution in [1.29, 1.82) is 0 Å². The lowest BCUT2D eigenvalue weighted by Crippen LogP contribution is -2.48. The molecule has 9 heteroatoms. The second-order valence-electron chi connectivity index (χ2n) is 5.69. The minimum atomic E-state index is -3.32. The van der Waals surface area contributed by atoms with Gasteiger partial charge in [0.15, 0.2) is 0 Å². The summed E-state index contributed by atoms with van der Waals surface area (Å²) in [5, 5.41) is 3.29. The fourth-order valence-corrected chi connectivity index (χ4v) is 3.15. The Bertz CT molecular complexity index is 664. The van der Waals surface area contributed by atoms with Gasteiger partial charge in [-0.3, -0.25) is 0 Å². The van der Waals surface area contributed by atoms with Crippen molar-refractivity contribution in [2.75, 3.05) is 46.1 Å². The zero-order valence-corrected chi connectivity index (χ0v) is 15.3. The van der Waals surface area contributed by atoms with Crippen LogP contribution < -0.4 is 5.32 Å². The molecule has 0 aliphatic carbocycles. The van der Waals surface area contributed by atoms with Crippen LogP contribution in [0.5, 0.6) is 0 Å². The van der Waals surface area contributed by atoms with Gasteiger partial charge in [0, 0.05) is 32.2 Å². The number of nitrogens with zero attached hydrogens (tertiary/aromatic N) is 2. The van der Waals surface area contributed by atoms with E-state index in [2.05, 4.69) is 5.32 Å². The first-order chi connectivity index (χ1) is 11.3. The topological polar surface area (TPSA) is 79.0 Å². The van der Waals surface area contributed by atoms with Crippen LogP contribution in [-0.4, -0.2) is 69.7 Å². The summed E-state index contributed by atoms with van der Waals surface area (Å²) in [6, 6.07) is 7.03. The number of carbonyl (C=O) groups excluding carboxylic acids is 1. The monoisotopic (exact) mass is 375 g/mol. The summed E-state index contributed by atoms with van der Waals surface area (Å²) in [7, 11) is -0.383. The SMILES string of the molecule is CN(C)S(=O)(=O)CCNC(=O)N1CCO[C@H](c2ccc(Cl)cc2)C1. The number of rotatable bonds is 5. The van der Waals surface area contributed by atoms with Crippen LogP contribution in [-0.2, 0) is 14.8 Å². The number of halogens is 1. The summed E-state index contributed by atoms with van der Waals surface area (Å²) in [6.45, 7) is 1.38. The molecule has 1 saturated heterocycles. The van der Waals surface area contributed by atoms with Crippen LogP contribution in [0.15, 0.2) is 24.3 Å². The molecule has 2 rings (SSSR count). The summed E-state index contributed by atoms with van der Waals surface area (Å²) < 4.78 is 30.2. The van der Waals surface area contributed by atoms with E-state index in [1.54, 1.807) is 17.0 Å². The van der Waals surface area contributed by atoms with Gasteiger partial charge >= 0.3 is 6.03 Å². The van der Waals surface area contributed by atoms with Gasteiger partial charge < -0.3 is 15.0 Å². The number of morpholine rings is 1. The van der Waals surface area contributed by atoms with E-state index < -0.39 is 10.0 Å². The Kier molecular flexibility index (Phi) is 6.45. The maximum atomic E-state index is 12.2. The van der Waals surface area contributed by atoms with Crippen molar-refractivity contribution < 1.29 is 17.9 Å². The Labute approximate surface area is 147 Å². The Hall–Kier alpha value is -1.35. The third-order valence-corrected chi connectivity index (χ3v) is 5.87. The summed E-state index contributed by atoms with van der Waals surface area (Å²) in [4.78, 5) is 13.8. The summed E-state index contributed by atoms with van der Waals surface area (Å²) in [5.74, 6) is -0.128. The molecular weight excluding hydrogens is 354 g/mol. The molecule has 1 heterocycles. The second kappa shape index (κ2) is 8.15. The highest BCUT2D eigenvalue weighted by Crippen LogP contribution is 2.23. The van der Waals surface area contributed by atoms with E-state index in [-0.39, 0.29) is 24.4 Å². The highest BCUT2D eigenvalue weighted by molar-refractivity contribution is 7.89. The van der Waals surface area contributed by atoms with Crippen LogP contribution in [0.4, 0.5) is 4.79 Å². The van der Waals surface area contributed by atoms with Gasteiger partial charge in [-0.1, -0.05) is 23.7 Å². The zero-order valence-electron chi connectivity index (χ0n) is 13.7. The molecule has 0 unspecified atom stereocenters. The highest BCUT2D eigenvalue weighted by atomic mass is 35.5. The van der Waals surface area contributed by atoms with Crippen LogP contribution in [0.3, 0.4) is 0 Å². The normalized spacial score (nSPS) is 18.7. The average molecular weight is 376 g/mol. The van der Waals surface area contributed by atoms with Gasteiger partial charge in [0.2, 0.25) is 10.0 Å². The van der Waals surface area contributed by atoms with E-state index in [9.17, 15) is 13.2 Å². The first-order valence-corrected chi connectivity index (χ1v) is 9.58. The molecule has 1 aliphatic rings. The van der Waals surface area contributed by atoms with E-state index in [0.717, 1.165) is 9.87 Å². The van der Waals surface area contributed by atoms with Gasteiger partial charge in [-0.25, -0.2) is 17.5 Å². The summed E-state index contributed by atoms with van der Waals surface area (Å²) in [5.41, 5.74) is 0.951. The van der Waals surface area contributed by atoms with Crippen molar-refractivity contribution in [1.82, 2.24) is 14.5 Å². The quantitative estimate of drug-likeness (QED) is 0.841. The Morgan fingerprint density at radius 3 is 2.67 bits per heavy atom. The number of amides is 2. The lowest BCUT2D eigenvalue weighted by Gasteiger charge is -2.33. The molecule has 1 fully saturated rings. The molecule has 0 aromatic heterocycles. The van der Waals surface area contributed by atoms with Crippen molar-refractivity contribution >= 4 is 27.7 Å². The maximum Gasteiger partial charge on any atom is 0.317 e. The smallest absolute Gasteiger partial charge is 0.317 e. The lowest BCUT2D eigenvalue weighted by molar-refractivity contribution is -0.0153. The van der Waals surface area contributed by atoms with Crippen LogP contribution >= 0.6 is 11.6 Å². The van der Waals surface area contributed by atoms with Crippen LogP contribution in [0.1, 0.15) is 11.7 Å². The number of nitrogens with one attached hydrogen (secondary N) is 1. The van der Waals surface area contributed by atoms with E-state index >= 15 is 0 Å². The lowest BCUT2D eigenvalue weighted by atomic mass is 10.1. The minimum absolute atomic E-state index is 0.0717. The molecule has 1 aromatic rings. The number of benzene rings is 1. The van der Waals surface area contributed by atoms with Gasteiger partial charge in [-0.2, -0.15) is 0 Å². The van der Waals surface area contributed by atoms with Gasteiger partial charge in [0.25, 0.3) is 0 Å². The summed E-state index contributed by atoms with van der Waals surface area (Å²) in [6.07, 6.45) is -0.215. The highest BCUT2D eigenvalue weighted by Gasteiger charge is 2.25. The zero-order chi connectivity index (χ0) is 17.7. The number of carbonyl (C=O) groups is 1. The van der Waals surface area contributed by atoms with Crippen LogP contribution in [0.25, 0.3) is 0 Å². The van der Waals surface area contributed by atoms with Crippen molar-refractivity contribution in [3.05, 3.63) is 34.9 Å². The molecule has 1 N–H and O–H groups in total. The number of hydrogen-bond donors (Lipinski definition) is 1. The Balaban J connectivity index is 1.87. The molecule has 7 nitrogen and oxygen atoms in total. The molecule has 24 heavy (non-hydrogen) atoms. The molecule has 0 bridgehead atoms. The first-order valence-electron chi connectivity index (χ1n) is 7.59. The Morgan fingerprint density at radius 1 is 1.38 bits per heavy atom. The molecule has 1 aromatic carbocycles. The standard InChI is InChI=1S/C15H22ClN3O4S/c1-18(2)24(21,22)10-7-17-15(20)19-8-9-23-14(11-19)12-3-5-13(16)6-4-12/h3-6,14H,7-11H2,1-2H3,(H,17,20)/t14-/m0/s1. The molecule has 2 amide bonds. The van der Waals surface area contributed by atoms with E-state index in [1.807, 2.05) is 12.1 Å². The predicted molar refractivity (Wildman–Crippen MR) is 92.6 cm³/mol. The summed E-state index contributed by atoms with van der Waals surface area (Å²) >= 11 is 5.88. The third-order valence-electron chi connectivity index (χ3n) is 3.79. The van der Waals surface area contributed by atoms with Crippen molar-refractivity contribution in [3.8, 4) is 0 Å². The maximum absolute atomic E-state index is 12.2. The fourth-order valence-electron chi connectivity index (χ4n) is 2.29. The van der Waals surface area contributed by atoms with E-state index in [4.69, 9.17) is 16.3 Å². The molecule has 134 valence electrons. The number of sulfonamides is 1. The Morgan fingerprint density at radius 2 is 2.04 bits per heavy atom. The van der Waals surface area contributed by atoms with E-state index in [0.29, 0.717) is 24.7 Å². The third kappa shape index (κ3) is 5.07. The van der Waals surface area contributed by atoms with Crippen molar-refractivity contribution in [2.45, 2.75) is 6.10 Å². The fraction of sp³-hybridized carbons (Fsp3) is 0.533. The van der Waals surface area contributed by atoms with Crippen molar-refractivity contribution in [2.24, 2.45) is 0 Å². The molecule has 1 aliphatic heterocycles.